The molecule has 4 nitrogen and oxygen atoms in total. The van der Waals surface area contributed by atoms with Crippen LogP contribution in [0.1, 0.15) is 56.5 Å². The van der Waals surface area contributed by atoms with E-state index in [1.54, 1.807) is 18.3 Å². The molecule has 0 aliphatic heterocycles. The molecule has 0 radical (unpaired) electrons. The fourth-order valence-electron chi connectivity index (χ4n) is 1.74. The molecule has 1 amide bonds. The molecule has 1 rings (SSSR count). The van der Waals surface area contributed by atoms with Crippen molar-refractivity contribution in [2.45, 2.75) is 58.5 Å². The molecule has 2 atom stereocenters. The number of hydrogen-bond acceptors (Lipinski definition) is 4. The quantitative estimate of drug-likeness (QED) is 0.833. The minimum Gasteiger partial charge on any atom is -0.346 e. The number of aromatic nitrogens is 1. The van der Waals surface area contributed by atoms with E-state index in [1.807, 2.05) is 20.0 Å². The number of carbonyl (C=O) groups excluding carboxylic acids is 1. The molecule has 0 fully saturated rings. The summed E-state index contributed by atoms with van der Waals surface area (Å²) in [6, 6.07) is -0.0810. The van der Waals surface area contributed by atoms with Crippen molar-refractivity contribution in [3.8, 4) is 0 Å². The van der Waals surface area contributed by atoms with E-state index in [0.717, 1.165) is 17.8 Å². The van der Waals surface area contributed by atoms with Crippen molar-refractivity contribution in [3.05, 3.63) is 16.1 Å². The number of nitrogens with zero attached hydrogens (tertiary/aromatic N) is 1. The van der Waals surface area contributed by atoms with Crippen LogP contribution >= 0.6 is 11.3 Å². The highest BCUT2D eigenvalue weighted by Gasteiger charge is 2.28. The summed E-state index contributed by atoms with van der Waals surface area (Å²) in [6.45, 7) is 7.84. The summed E-state index contributed by atoms with van der Waals surface area (Å²) in [6.07, 6.45) is 4.43. The Morgan fingerprint density at radius 1 is 1.61 bits per heavy atom. The normalized spacial score (nSPS) is 16.1. The summed E-state index contributed by atoms with van der Waals surface area (Å²) in [5.74, 6) is -0.106. The van der Waals surface area contributed by atoms with E-state index >= 15 is 0 Å². The van der Waals surface area contributed by atoms with E-state index in [9.17, 15) is 4.79 Å². The molecule has 0 spiro atoms. The lowest BCUT2D eigenvalue weighted by Gasteiger charge is -2.24. The Hall–Kier alpha value is -0.940. The van der Waals surface area contributed by atoms with Crippen LogP contribution in [0.3, 0.4) is 0 Å². The fraction of sp³-hybridized carbons (Fsp3) is 0.692. The second kappa shape index (κ2) is 6.29. The highest BCUT2D eigenvalue weighted by atomic mass is 32.1. The van der Waals surface area contributed by atoms with Crippen molar-refractivity contribution in [1.29, 1.82) is 0 Å². The van der Waals surface area contributed by atoms with Gasteiger partial charge < -0.3 is 11.1 Å². The average molecular weight is 269 g/mol. The Kier molecular flexibility index (Phi) is 5.28. The van der Waals surface area contributed by atoms with Gasteiger partial charge in [0.15, 0.2) is 0 Å². The summed E-state index contributed by atoms with van der Waals surface area (Å²) in [5, 5.41) is 3.88. The van der Waals surface area contributed by atoms with Gasteiger partial charge in [-0.15, -0.1) is 11.3 Å². The van der Waals surface area contributed by atoms with Crippen molar-refractivity contribution >= 4 is 17.2 Å². The molecule has 2 unspecified atom stereocenters. The first-order valence-corrected chi connectivity index (χ1v) is 7.26. The van der Waals surface area contributed by atoms with E-state index in [0.29, 0.717) is 6.42 Å². The summed E-state index contributed by atoms with van der Waals surface area (Å²) in [5.41, 5.74) is 5.20. The third-order valence-corrected chi connectivity index (χ3v) is 4.25. The van der Waals surface area contributed by atoms with Crippen molar-refractivity contribution < 1.29 is 4.79 Å². The largest absolute Gasteiger partial charge is 0.346 e. The number of aryl methyl sites for hydroxylation is 1. The monoisotopic (exact) mass is 269 g/mol. The molecular formula is C13H23N3OS. The molecule has 0 aliphatic carbocycles. The number of carbonyl (C=O) groups is 1. The van der Waals surface area contributed by atoms with Crippen LogP contribution in [0.2, 0.25) is 0 Å². The van der Waals surface area contributed by atoms with E-state index in [2.05, 4.69) is 17.2 Å². The first-order chi connectivity index (χ1) is 8.40. The van der Waals surface area contributed by atoms with Gasteiger partial charge in [-0.1, -0.05) is 20.3 Å². The van der Waals surface area contributed by atoms with Crippen molar-refractivity contribution in [2.24, 2.45) is 5.73 Å². The Bertz CT molecular complexity index is 401. The Balaban J connectivity index is 2.64. The molecule has 102 valence electrons. The maximum Gasteiger partial charge on any atom is 0.240 e. The van der Waals surface area contributed by atoms with Crippen LogP contribution in [0.15, 0.2) is 6.20 Å². The van der Waals surface area contributed by atoms with Crippen LogP contribution in [-0.2, 0) is 11.2 Å². The molecule has 0 bridgehead atoms. The molecule has 5 heteroatoms. The van der Waals surface area contributed by atoms with Crippen LogP contribution < -0.4 is 11.1 Å². The zero-order chi connectivity index (χ0) is 13.8. The lowest BCUT2D eigenvalue weighted by Crippen LogP contribution is -2.51. The van der Waals surface area contributed by atoms with Crippen molar-refractivity contribution in [2.75, 3.05) is 0 Å². The Morgan fingerprint density at radius 2 is 2.28 bits per heavy atom. The molecule has 1 heterocycles. The third kappa shape index (κ3) is 3.78. The fourth-order valence-corrected chi connectivity index (χ4v) is 2.60. The summed E-state index contributed by atoms with van der Waals surface area (Å²) in [4.78, 5) is 17.6. The van der Waals surface area contributed by atoms with Crippen molar-refractivity contribution in [1.82, 2.24) is 10.3 Å². The van der Waals surface area contributed by atoms with Crippen molar-refractivity contribution in [3.63, 3.8) is 0 Å². The zero-order valence-corrected chi connectivity index (χ0v) is 12.4. The number of nitrogens with two attached hydrogens (primary N) is 1. The van der Waals surface area contributed by atoms with Crippen LogP contribution in [0, 0.1) is 0 Å². The molecule has 0 aliphatic rings. The standard InChI is InChI=1S/C13H23N3OS/c1-5-7-13(4,14)12(17)16-9(3)11-15-8-10(6-2)18-11/h8-9H,5-7,14H2,1-4H3,(H,16,17). The maximum atomic E-state index is 12.1. The molecule has 0 aromatic carbocycles. The van der Waals surface area contributed by atoms with Crippen LogP contribution in [0.4, 0.5) is 0 Å². The minimum absolute atomic E-state index is 0.0810. The van der Waals surface area contributed by atoms with Gasteiger partial charge >= 0.3 is 0 Å². The highest BCUT2D eigenvalue weighted by Crippen LogP contribution is 2.21. The van der Waals surface area contributed by atoms with E-state index in [-0.39, 0.29) is 11.9 Å². The Morgan fingerprint density at radius 3 is 2.78 bits per heavy atom. The van der Waals surface area contributed by atoms with Gasteiger partial charge in [-0.3, -0.25) is 4.79 Å². The number of nitrogens with one attached hydrogen (secondary N) is 1. The van der Waals surface area contributed by atoms with Crippen LogP contribution in [0.5, 0.6) is 0 Å². The average Bonchev–Trinajstić information content (AvgIpc) is 2.77. The van der Waals surface area contributed by atoms with Gasteiger partial charge in [-0.05, 0) is 26.7 Å². The number of thiazole rings is 1. The first kappa shape index (κ1) is 15.1. The smallest absolute Gasteiger partial charge is 0.240 e. The Labute approximate surface area is 113 Å². The third-order valence-electron chi connectivity index (χ3n) is 2.93. The van der Waals surface area contributed by atoms with Gasteiger partial charge in [-0.2, -0.15) is 0 Å². The molecule has 0 saturated carbocycles. The SMILES string of the molecule is CCCC(C)(N)C(=O)NC(C)c1ncc(CC)s1. The number of hydrogen-bond donors (Lipinski definition) is 2. The molecule has 0 saturated heterocycles. The molecule has 3 N–H and O–H groups in total. The van der Waals surface area contributed by atoms with E-state index < -0.39 is 5.54 Å². The molecule has 18 heavy (non-hydrogen) atoms. The molecule has 1 aromatic rings. The molecular weight excluding hydrogens is 246 g/mol. The van der Waals surface area contributed by atoms with Gasteiger partial charge in [0.05, 0.1) is 11.6 Å². The van der Waals surface area contributed by atoms with E-state index in [4.69, 9.17) is 5.73 Å². The van der Waals surface area contributed by atoms with E-state index in [1.165, 1.54) is 4.88 Å². The lowest BCUT2D eigenvalue weighted by atomic mass is 9.96. The maximum absolute atomic E-state index is 12.1. The van der Waals surface area contributed by atoms with Gasteiger partial charge in [0, 0.05) is 11.1 Å². The molecule has 1 aromatic heterocycles. The van der Waals surface area contributed by atoms with Gasteiger partial charge in [0.2, 0.25) is 5.91 Å². The number of amides is 1. The van der Waals surface area contributed by atoms with Crippen LogP contribution in [-0.4, -0.2) is 16.4 Å². The summed E-state index contributed by atoms with van der Waals surface area (Å²) >= 11 is 1.64. The number of rotatable bonds is 6. The second-order valence-electron chi connectivity index (χ2n) is 4.88. The second-order valence-corrected chi connectivity index (χ2v) is 6.03. The first-order valence-electron chi connectivity index (χ1n) is 6.45. The van der Waals surface area contributed by atoms with Gasteiger partial charge in [0.25, 0.3) is 0 Å². The lowest BCUT2D eigenvalue weighted by molar-refractivity contribution is -0.126. The summed E-state index contributed by atoms with van der Waals surface area (Å²) in [7, 11) is 0. The zero-order valence-electron chi connectivity index (χ0n) is 11.6. The van der Waals surface area contributed by atoms with Crippen LogP contribution in [0.25, 0.3) is 0 Å². The highest BCUT2D eigenvalue weighted by molar-refractivity contribution is 7.11. The van der Waals surface area contributed by atoms with Gasteiger partial charge in [0.1, 0.15) is 5.01 Å². The predicted molar refractivity (Wildman–Crippen MR) is 75.6 cm³/mol. The minimum atomic E-state index is -0.798. The predicted octanol–water partition coefficient (Wildman–Crippen LogP) is 2.40. The van der Waals surface area contributed by atoms with Gasteiger partial charge in [-0.25, -0.2) is 4.98 Å². The topological polar surface area (TPSA) is 68.0 Å². The summed E-state index contributed by atoms with van der Waals surface area (Å²) < 4.78 is 0.